The second-order valence-corrected chi connectivity index (χ2v) is 7.21. The van der Waals surface area contributed by atoms with Crippen LogP contribution in [-0.4, -0.2) is 36.5 Å². The quantitative estimate of drug-likeness (QED) is 0.837. The number of nitrogen functional groups attached to an aromatic ring is 1. The number of nitrogens with zero attached hydrogens (tertiary/aromatic N) is 1. The summed E-state index contributed by atoms with van der Waals surface area (Å²) in [7, 11) is 0. The Morgan fingerprint density at radius 3 is 2.81 bits per heavy atom. The number of thiophene rings is 1. The number of hydrogen-bond acceptors (Lipinski definition) is 4. The van der Waals surface area contributed by atoms with Crippen LogP contribution in [0.4, 0.5) is 5.69 Å². The Labute approximate surface area is 127 Å². The molecule has 4 heterocycles. The standard InChI is InChI=1S/C16H19N3OS/c17-12-2-1-11-7-15(21-14(11)8-12)16(20)18-13-9-19-5-3-10(13)4-6-19/h1-2,7-8,10,13H,3-6,9,17H2,(H,18,20). The van der Waals surface area contributed by atoms with Gasteiger partial charge in [0.2, 0.25) is 0 Å². The third-order valence-corrected chi connectivity index (χ3v) is 5.84. The molecule has 3 aliphatic rings. The fourth-order valence-electron chi connectivity index (χ4n) is 3.53. The Kier molecular flexibility index (Phi) is 3.12. The Balaban J connectivity index is 1.53. The molecule has 1 aromatic carbocycles. The molecular weight excluding hydrogens is 282 g/mol. The molecular formula is C16H19N3OS. The molecule has 3 aliphatic heterocycles. The van der Waals surface area contributed by atoms with Gasteiger partial charge in [0.1, 0.15) is 0 Å². The van der Waals surface area contributed by atoms with E-state index >= 15 is 0 Å². The van der Waals surface area contributed by atoms with E-state index in [9.17, 15) is 4.79 Å². The average Bonchev–Trinajstić information content (AvgIpc) is 2.91. The molecule has 2 bridgehead atoms. The molecule has 3 fully saturated rings. The van der Waals surface area contributed by atoms with Gasteiger partial charge < -0.3 is 16.0 Å². The monoisotopic (exact) mass is 301 g/mol. The minimum absolute atomic E-state index is 0.0634. The molecule has 5 rings (SSSR count). The van der Waals surface area contributed by atoms with Crippen LogP contribution in [0.25, 0.3) is 10.1 Å². The number of rotatable bonds is 2. The third kappa shape index (κ3) is 2.40. The summed E-state index contributed by atoms with van der Waals surface area (Å²) >= 11 is 1.52. The normalized spacial score (nSPS) is 27.9. The molecule has 3 N–H and O–H groups in total. The summed E-state index contributed by atoms with van der Waals surface area (Å²) in [4.78, 5) is 15.7. The van der Waals surface area contributed by atoms with E-state index in [1.165, 1.54) is 37.3 Å². The maximum atomic E-state index is 12.5. The number of anilines is 1. The van der Waals surface area contributed by atoms with Crippen LogP contribution in [-0.2, 0) is 0 Å². The molecule has 1 atom stereocenters. The van der Waals surface area contributed by atoms with E-state index < -0.39 is 0 Å². The first-order valence-electron chi connectivity index (χ1n) is 7.51. The Hall–Kier alpha value is -1.59. The first-order valence-corrected chi connectivity index (χ1v) is 8.33. The highest BCUT2D eigenvalue weighted by Crippen LogP contribution is 2.30. The minimum atomic E-state index is 0.0634. The molecule has 0 radical (unpaired) electrons. The van der Waals surface area contributed by atoms with Crippen molar-refractivity contribution >= 4 is 33.0 Å². The molecule has 1 unspecified atom stereocenters. The van der Waals surface area contributed by atoms with Gasteiger partial charge in [0.25, 0.3) is 5.91 Å². The van der Waals surface area contributed by atoms with E-state index in [-0.39, 0.29) is 5.91 Å². The summed E-state index contributed by atoms with van der Waals surface area (Å²) < 4.78 is 1.08. The predicted octanol–water partition coefficient (Wildman–Crippen LogP) is 2.31. The van der Waals surface area contributed by atoms with Gasteiger partial charge in [-0.2, -0.15) is 0 Å². The second-order valence-electron chi connectivity index (χ2n) is 6.13. The molecule has 0 saturated carbocycles. The molecule has 1 aromatic heterocycles. The second kappa shape index (κ2) is 5.00. The highest BCUT2D eigenvalue weighted by atomic mass is 32.1. The predicted molar refractivity (Wildman–Crippen MR) is 86.7 cm³/mol. The molecule has 110 valence electrons. The minimum Gasteiger partial charge on any atom is -0.399 e. The van der Waals surface area contributed by atoms with Gasteiger partial charge in [-0.3, -0.25) is 4.79 Å². The number of fused-ring (bicyclic) bond motifs is 4. The van der Waals surface area contributed by atoms with E-state index in [1.807, 2.05) is 24.3 Å². The van der Waals surface area contributed by atoms with Crippen LogP contribution in [0.2, 0.25) is 0 Å². The number of carbonyl (C=O) groups excluding carboxylic acids is 1. The molecule has 2 aromatic rings. The van der Waals surface area contributed by atoms with Gasteiger partial charge in [0.05, 0.1) is 4.88 Å². The smallest absolute Gasteiger partial charge is 0.261 e. The van der Waals surface area contributed by atoms with Gasteiger partial charge in [-0.05, 0) is 55.4 Å². The lowest BCUT2D eigenvalue weighted by molar-refractivity contribution is 0.0622. The van der Waals surface area contributed by atoms with Crippen molar-refractivity contribution in [3.63, 3.8) is 0 Å². The van der Waals surface area contributed by atoms with Gasteiger partial charge in [-0.1, -0.05) is 6.07 Å². The van der Waals surface area contributed by atoms with Crippen LogP contribution < -0.4 is 11.1 Å². The van der Waals surface area contributed by atoms with Crippen molar-refractivity contribution in [1.29, 1.82) is 0 Å². The van der Waals surface area contributed by atoms with Crippen molar-refractivity contribution in [1.82, 2.24) is 10.2 Å². The van der Waals surface area contributed by atoms with Crippen molar-refractivity contribution in [2.45, 2.75) is 18.9 Å². The van der Waals surface area contributed by atoms with E-state index in [1.54, 1.807) is 0 Å². The van der Waals surface area contributed by atoms with E-state index in [4.69, 9.17) is 5.73 Å². The van der Waals surface area contributed by atoms with Crippen LogP contribution >= 0.6 is 11.3 Å². The molecule has 0 aliphatic carbocycles. The summed E-state index contributed by atoms with van der Waals surface area (Å²) in [6.45, 7) is 3.40. The first kappa shape index (κ1) is 13.1. The molecule has 4 nitrogen and oxygen atoms in total. The Morgan fingerprint density at radius 2 is 2.10 bits per heavy atom. The molecule has 21 heavy (non-hydrogen) atoms. The van der Waals surface area contributed by atoms with Gasteiger partial charge >= 0.3 is 0 Å². The van der Waals surface area contributed by atoms with E-state index in [0.29, 0.717) is 12.0 Å². The van der Waals surface area contributed by atoms with Crippen LogP contribution in [0.1, 0.15) is 22.5 Å². The maximum Gasteiger partial charge on any atom is 0.261 e. The van der Waals surface area contributed by atoms with Crippen molar-refractivity contribution < 1.29 is 4.79 Å². The SMILES string of the molecule is Nc1ccc2cc(C(=O)NC3CN4CCC3CC4)sc2c1. The summed E-state index contributed by atoms with van der Waals surface area (Å²) in [5.41, 5.74) is 6.54. The maximum absolute atomic E-state index is 12.5. The van der Waals surface area contributed by atoms with Crippen LogP contribution in [0, 0.1) is 5.92 Å². The lowest BCUT2D eigenvalue weighted by Gasteiger charge is -2.44. The van der Waals surface area contributed by atoms with Gasteiger partial charge in [0, 0.05) is 23.0 Å². The number of carbonyl (C=O) groups is 1. The fourth-order valence-corrected chi connectivity index (χ4v) is 4.54. The zero-order chi connectivity index (χ0) is 14.4. The Bertz CT molecular complexity index is 688. The largest absolute Gasteiger partial charge is 0.399 e. The summed E-state index contributed by atoms with van der Waals surface area (Å²) in [6.07, 6.45) is 2.43. The number of nitrogens with two attached hydrogens (primary N) is 1. The summed E-state index contributed by atoms with van der Waals surface area (Å²) in [5, 5.41) is 4.33. The van der Waals surface area contributed by atoms with Crippen molar-refractivity contribution in [2.75, 3.05) is 25.4 Å². The van der Waals surface area contributed by atoms with Gasteiger partial charge in [0.15, 0.2) is 0 Å². The molecule has 1 amide bonds. The Morgan fingerprint density at radius 1 is 1.29 bits per heavy atom. The number of benzene rings is 1. The van der Waals surface area contributed by atoms with Gasteiger partial charge in [-0.15, -0.1) is 11.3 Å². The molecule has 5 heteroatoms. The van der Waals surface area contributed by atoms with Crippen molar-refractivity contribution in [3.05, 3.63) is 29.1 Å². The zero-order valence-corrected chi connectivity index (χ0v) is 12.7. The molecule has 0 spiro atoms. The van der Waals surface area contributed by atoms with E-state index in [0.717, 1.165) is 27.2 Å². The van der Waals surface area contributed by atoms with Gasteiger partial charge in [-0.25, -0.2) is 0 Å². The topological polar surface area (TPSA) is 58.4 Å². The summed E-state index contributed by atoms with van der Waals surface area (Å²) in [5.74, 6) is 0.720. The van der Waals surface area contributed by atoms with E-state index in [2.05, 4.69) is 10.2 Å². The van der Waals surface area contributed by atoms with Crippen LogP contribution in [0.15, 0.2) is 24.3 Å². The number of piperidine rings is 3. The fraction of sp³-hybridized carbons (Fsp3) is 0.438. The average molecular weight is 301 g/mol. The summed E-state index contributed by atoms with van der Waals surface area (Å²) in [6, 6.07) is 8.08. The number of hydrogen-bond donors (Lipinski definition) is 2. The highest BCUT2D eigenvalue weighted by molar-refractivity contribution is 7.20. The van der Waals surface area contributed by atoms with Crippen molar-refractivity contribution in [2.24, 2.45) is 5.92 Å². The lowest BCUT2D eigenvalue weighted by Crippen LogP contribution is -2.57. The number of amides is 1. The highest BCUT2D eigenvalue weighted by Gasteiger charge is 2.35. The van der Waals surface area contributed by atoms with Crippen LogP contribution in [0.3, 0.4) is 0 Å². The molecule has 3 saturated heterocycles. The third-order valence-electron chi connectivity index (χ3n) is 4.74. The first-order chi connectivity index (χ1) is 10.2. The van der Waals surface area contributed by atoms with Crippen LogP contribution in [0.5, 0.6) is 0 Å². The lowest BCUT2D eigenvalue weighted by atomic mass is 9.84. The van der Waals surface area contributed by atoms with Crippen molar-refractivity contribution in [3.8, 4) is 0 Å². The number of nitrogens with one attached hydrogen (secondary N) is 1. The zero-order valence-electron chi connectivity index (χ0n) is 11.8.